The fourth-order valence-electron chi connectivity index (χ4n) is 2.84. The zero-order chi connectivity index (χ0) is 22.8. The van der Waals surface area contributed by atoms with E-state index in [1.165, 1.54) is 12.1 Å². The summed E-state index contributed by atoms with van der Waals surface area (Å²) in [5, 5.41) is 9.34. The van der Waals surface area contributed by atoms with E-state index in [1.54, 1.807) is 18.2 Å². The first-order valence-corrected chi connectivity index (χ1v) is 9.94. The fraction of sp³-hybridized carbons (Fsp3) is 0.115. The quantitative estimate of drug-likeness (QED) is 0.208. The summed E-state index contributed by atoms with van der Waals surface area (Å²) in [6, 6.07) is 23.5. The maximum atomic E-state index is 12.6. The van der Waals surface area contributed by atoms with Crippen LogP contribution in [0.2, 0.25) is 0 Å². The van der Waals surface area contributed by atoms with Crippen LogP contribution in [-0.2, 0) is 9.53 Å². The number of carbonyl (C=O) groups is 2. The lowest BCUT2D eigenvalue weighted by Gasteiger charge is -2.10. The summed E-state index contributed by atoms with van der Waals surface area (Å²) in [6.07, 6.45) is 1.57. The Kier molecular flexibility index (Phi) is 7.77. The molecule has 0 aromatic heterocycles. The van der Waals surface area contributed by atoms with Crippen molar-refractivity contribution in [1.82, 2.24) is 0 Å². The Balaban J connectivity index is 1.63. The molecule has 3 aromatic rings. The van der Waals surface area contributed by atoms with Crippen molar-refractivity contribution < 1.29 is 23.8 Å². The van der Waals surface area contributed by atoms with Crippen LogP contribution in [-0.4, -0.2) is 25.2 Å². The molecule has 160 valence electrons. The number of nitrogens with zero attached hydrogens (tertiary/aromatic N) is 1. The molecule has 3 aromatic carbocycles. The Bertz CT molecular complexity index is 1130. The van der Waals surface area contributed by atoms with E-state index in [0.29, 0.717) is 17.7 Å². The Morgan fingerprint density at radius 1 is 0.938 bits per heavy atom. The number of ether oxygens (including phenoxy) is 3. The summed E-state index contributed by atoms with van der Waals surface area (Å²) in [5.74, 6) is -0.523. The lowest BCUT2D eigenvalue weighted by Crippen LogP contribution is -2.10. The third kappa shape index (κ3) is 6.07. The second kappa shape index (κ2) is 11.1. The smallest absolute Gasteiger partial charge is 0.343 e. The minimum absolute atomic E-state index is 0.111. The van der Waals surface area contributed by atoms with Crippen molar-refractivity contribution in [3.8, 4) is 28.7 Å². The van der Waals surface area contributed by atoms with Gasteiger partial charge in [0.05, 0.1) is 24.3 Å². The van der Waals surface area contributed by atoms with Gasteiger partial charge in [0.1, 0.15) is 11.8 Å². The van der Waals surface area contributed by atoms with Crippen molar-refractivity contribution in [1.29, 1.82) is 5.26 Å². The van der Waals surface area contributed by atoms with E-state index in [1.807, 2.05) is 48.5 Å². The summed E-state index contributed by atoms with van der Waals surface area (Å²) in [6.45, 7) is 3.80. The van der Waals surface area contributed by atoms with Crippen molar-refractivity contribution in [2.24, 2.45) is 0 Å². The molecule has 0 heterocycles. The fourth-order valence-corrected chi connectivity index (χ4v) is 2.84. The highest BCUT2D eigenvalue weighted by Gasteiger charge is 2.13. The average molecular weight is 427 g/mol. The van der Waals surface area contributed by atoms with Crippen LogP contribution in [0.25, 0.3) is 11.1 Å². The van der Waals surface area contributed by atoms with E-state index in [0.717, 1.165) is 17.2 Å². The van der Waals surface area contributed by atoms with Gasteiger partial charge in [0.2, 0.25) is 0 Å². The van der Waals surface area contributed by atoms with E-state index in [2.05, 4.69) is 6.58 Å². The summed E-state index contributed by atoms with van der Waals surface area (Å²) >= 11 is 0. The van der Waals surface area contributed by atoms with E-state index in [-0.39, 0.29) is 24.5 Å². The first-order valence-electron chi connectivity index (χ1n) is 9.94. The first kappa shape index (κ1) is 22.3. The molecule has 0 spiro atoms. The summed E-state index contributed by atoms with van der Waals surface area (Å²) < 4.78 is 15.9. The first-order chi connectivity index (χ1) is 15.6. The Morgan fingerprint density at radius 3 is 2.34 bits per heavy atom. The van der Waals surface area contributed by atoms with Crippen molar-refractivity contribution in [2.75, 3.05) is 13.2 Å². The molecule has 0 amide bonds. The minimum Gasteiger partial charge on any atom is -0.493 e. The molecule has 0 aliphatic heterocycles. The third-order valence-corrected chi connectivity index (χ3v) is 4.47. The van der Waals surface area contributed by atoms with Crippen LogP contribution in [0, 0.1) is 11.3 Å². The van der Waals surface area contributed by atoms with Crippen LogP contribution in [0.5, 0.6) is 11.5 Å². The van der Waals surface area contributed by atoms with Crippen LogP contribution in [0.3, 0.4) is 0 Å². The highest BCUT2D eigenvalue weighted by Crippen LogP contribution is 2.26. The number of carbonyl (C=O) groups excluding carboxylic acids is 2. The lowest BCUT2D eigenvalue weighted by molar-refractivity contribution is -0.137. The third-order valence-electron chi connectivity index (χ3n) is 4.47. The molecule has 0 saturated carbocycles. The lowest BCUT2D eigenvalue weighted by atomic mass is 10.0. The van der Waals surface area contributed by atoms with Gasteiger partial charge in [0.15, 0.2) is 5.75 Å². The number of rotatable bonds is 9. The van der Waals surface area contributed by atoms with Gasteiger partial charge in [-0.15, -0.1) is 0 Å². The summed E-state index contributed by atoms with van der Waals surface area (Å²) in [4.78, 5) is 23.6. The van der Waals surface area contributed by atoms with E-state index >= 15 is 0 Å². The van der Waals surface area contributed by atoms with Gasteiger partial charge in [0, 0.05) is 18.6 Å². The Labute approximate surface area is 186 Å². The molecule has 6 heteroatoms. The molecule has 3 rings (SSSR count). The summed E-state index contributed by atoms with van der Waals surface area (Å²) in [5.41, 5.74) is 2.60. The van der Waals surface area contributed by atoms with Gasteiger partial charge in [-0.2, -0.15) is 5.26 Å². The molecule has 0 radical (unpaired) electrons. The monoisotopic (exact) mass is 427 g/mol. The largest absolute Gasteiger partial charge is 0.493 e. The molecule has 0 atom stereocenters. The van der Waals surface area contributed by atoms with E-state index in [4.69, 9.17) is 14.2 Å². The van der Waals surface area contributed by atoms with Crippen LogP contribution in [0.15, 0.2) is 85.5 Å². The number of hydrogen-bond donors (Lipinski definition) is 0. The number of nitriles is 1. The predicted molar refractivity (Wildman–Crippen MR) is 119 cm³/mol. The molecule has 32 heavy (non-hydrogen) atoms. The van der Waals surface area contributed by atoms with Gasteiger partial charge < -0.3 is 14.2 Å². The zero-order valence-corrected chi connectivity index (χ0v) is 17.3. The number of hydrogen-bond acceptors (Lipinski definition) is 6. The Morgan fingerprint density at radius 2 is 1.66 bits per heavy atom. The highest BCUT2D eigenvalue weighted by molar-refractivity contribution is 5.92. The minimum atomic E-state index is -0.574. The van der Waals surface area contributed by atoms with Gasteiger partial charge in [-0.05, 0) is 35.4 Å². The standard InChI is InChI=1S/C26H21NO5/c1-2-25(28)31-16-6-15-30-23-14-13-22(18-27)24(17-23)32-26(29)21-11-9-20(10-12-21)19-7-4-3-5-8-19/h2-5,7-14,17H,1,6,15-16H2. The molecular weight excluding hydrogens is 406 g/mol. The molecular formula is C26H21NO5. The van der Waals surface area contributed by atoms with Gasteiger partial charge in [-0.3, -0.25) is 0 Å². The normalized spacial score (nSPS) is 9.97. The zero-order valence-electron chi connectivity index (χ0n) is 17.3. The average Bonchev–Trinajstić information content (AvgIpc) is 2.84. The maximum Gasteiger partial charge on any atom is 0.343 e. The molecule has 0 bridgehead atoms. The maximum absolute atomic E-state index is 12.6. The molecule has 0 aliphatic carbocycles. The van der Waals surface area contributed by atoms with Crippen molar-refractivity contribution >= 4 is 11.9 Å². The molecule has 0 N–H and O–H groups in total. The Hall–Kier alpha value is -4.37. The molecule has 0 saturated heterocycles. The van der Waals surface area contributed by atoms with Gasteiger partial charge >= 0.3 is 11.9 Å². The SMILES string of the molecule is C=CC(=O)OCCCOc1ccc(C#N)c(OC(=O)c2ccc(-c3ccccc3)cc2)c1. The molecule has 6 nitrogen and oxygen atoms in total. The van der Waals surface area contributed by atoms with Crippen molar-refractivity contribution in [3.63, 3.8) is 0 Å². The van der Waals surface area contributed by atoms with Crippen LogP contribution in [0.1, 0.15) is 22.3 Å². The van der Waals surface area contributed by atoms with Crippen LogP contribution in [0.4, 0.5) is 0 Å². The van der Waals surface area contributed by atoms with E-state index in [9.17, 15) is 14.9 Å². The second-order valence-electron chi connectivity index (χ2n) is 6.68. The number of esters is 2. The second-order valence-corrected chi connectivity index (χ2v) is 6.68. The van der Waals surface area contributed by atoms with Gasteiger partial charge in [-0.25, -0.2) is 9.59 Å². The molecule has 0 aliphatic rings. The number of benzene rings is 3. The van der Waals surface area contributed by atoms with Gasteiger partial charge in [-0.1, -0.05) is 49.0 Å². The predicted octanol–water partition coefficient (Wildman–Crippen LogP) is 4.94. The van der Waals surface area contributed by atoms with Crippen LogP contribution >= 0.6 is 0 Å². The topological polar surface area (TPSA) is 85.6 Å². The van der Waals surface area contributed by atoms with Crippen molar-refractivity contribution in [3.05, 3.63) is 96.6 Å². The molecule has 0 fully saturated rings. The van der Waals surface area contributed by atoms with Crippen LogP contribution < -0.4 is 9.47 Å². The van der Waals surface area contributed by atoms with E-state index < -0.39 is 11.9 Å². The van der Waals surface area contributed by atoms with Crippen molar-refractivity contribution in [2.45, 2.75) is 6.42 Å². The van der Waals surface area contributed by atoms with Gasteiger partial charge in [0.25, 0.3) is 0 Å². The summed E-state index contributed by atoms with van der Waals surface area (Å²) in [7, 11) is 0. The highest BCUT2D eigenvalue weighted by atomic mass is 16.5. The molecule has 0 unspecified atom stereocenters.